The van der Waals surface area contributed by atoms with E-state index in [1.165, 1.54) is 16.0 Å². The molecule has 1 N–H and O–H groups in total. The van der Waals surface area contributed by atoms with Gasteiger partial charge in [0.05, 0.1) is 5.60 Å². The van der Waals surface area contributed by atoms with Crippen molar-refractivity contribution in [1.29, 1.82) is 0 Å². The summed E-state index contributed by atoms with van der Waals surface area (Å²) in [5.41, 5.74) is 2.04. The lowest BCUT2D eigenvalue weighted by Crippen LogP contribution is -2.33. The maximum Gasteiger partial charge on any atom is 0.0736 e. The van der Waals surface area contributed by atoms with Crippen LogP contribution >= 0.6 is 11.8 Å². The first kappa shape index (κ1) is 13.6. The Kier molecular flexibility index (Phi) is 4.45. The maximum absolute atomic E-state index is 10.2. The Balaban J connectivity index is 2.65. The lowest BCUT2D eigenvalue weighted by molar-refractivity contribution is 0.0376. The molecule has 1 atom stereocenters. The summed E-state index contributed by atoms with van der Waals surface area (Å²) in [7, 11) is 0. The second kappa shape index (κ2) is 5.24. The van der Waals surface area contributed by atoms with E-state index in [0.717, 1.165) is 5.75 Å². The molecule has 0 amide bonds. The van der Waals surface area contributed by atoms with Crippen molar-refractivity contribution in [3.63, 3.8) is 0 Å². The summed E-state index contributed by atoms with van der Waals surface area (Å²) in [6.07, 6.45) is 0. The SMILES string of the molecule is Cc1ccc(SCC(C)(O)C(C)C)cc1C. The predicted molar refractivity (Wildman–Crippen MR) is 72.1 cm³/mol. The molecule has 16 heavy (non-hydrogen) atoms. The van der Waals surface area contributed by atoms with Crippen LogP contribution in [0.25, 0.3) is 0 Å². The van der Waals surface area contributed by atoms with Crippen molar-refractivity contribution in [1.82, 2.24) is 0 Å². The third-order valence-electron chi connectivity index (χ3n) is 3.25. The number of hydrogen-bond acceptors (Lipinski definition) is 2. The largest absolute Gasteiger partial charge is 0.389 e. The van der Waals surface area contributed by atoms with E-state index < -0.39 is 5.60 Å². The molecule has 1 nitrogen and oxygen atoms in total. The van der Waals surface area contributed by atoms with Crippen molar-refractivity contribution in [3.8, 4) is 0 Å². The van der Waals surface area contributed by atoms with Crippen LogP contribution in [0.1, 0.15) is 31.9 Å². The first-order valence-electron chi connectivity index (χ1n) is 5.75. The molecule has 0 aliphatic rings. The van der Waals surface area contributed by atoms with Crippen LogP contribution in [0.4, 0.5) is 0 Å². The van der Waals surface area contributed by atoms with E-state index in [2.05, 4.69) is 45.9 Å². The fraction of sp³-hybridized carbons (Fsp3) is 0.571. The Morgan fingerprint density at radius 3 is 2.38 bits per heavy atom. The zero-order valence-corrected chi connectivity index (χ0v) is 11.7. The highest BCUT2D eigenvalue weighted by Crippen LogP contribution is 2.28. The molecule has 0 spiro atoms. The van der Waals surface area contributed by atoms with Crippen molar-refractivity contribution >= 4 is 11.8 Å². The monoisotopic (exact) mass is 238 g/mol. The van der Waals surface area contributed by atoms with Gasteiger partial charge in [-0.3, -0.25) is 0 Å². The average Bonchev–Trinajstić information content (AvgIpc) is 2.20. The second-order valence-electron chi connectivity index (χ2n) is 5.05. The molecular weight excluding hydrogens is 216 g/mol. The van der Waals surface area contributed by atoms with Gasteiger partial charge in [-0.1, -0.05) is 19.9 Å². The standard InChI is InChI=1S/C14H22OS/c1-10(2)14(5,15)9-16-13-7-6-11(3)12(4)8-13/h6-8,10,15H,9H2,1-5H3. The van der Waals surface area contributed by atoms with Gasteiger partial charge in [-0.2, -0.15) is 0 Å². The lowest BCUT2D eigenvalue weighted by Gasteiger charge is -2.27. The Hall–Kier alpha value is -0.470. The number of aliphatic hydroxyl groups is 1. The molecule has 1 rings (SSSR count). The lowest BCUT2D eigenvalue weighted by atomic mass is 9.95. The molecule has 0 radical (unpaired) electrons. The second-order valence-corrected chi connectivity index (χ2v) is 6.10. The molecule has 0 aromatic heterocycles. The van der Waals surface area contributed by atoms with Gasteiger partial charge in [-0.25, -0.2) is 0 Å². The molecule has 0 bridgehead atoms. The van der Waals surface area contributed by atoms with Gasteiger partial charge < -0.3 is 5.11 Å². The molecule has 0 aliphatic heterocycles. The van der Waals surface area contributed by atoms with Gasteiger partial charge in [0.15, 0.2) is 0 Å². The maximum atomic E-state index is 10.2. The summed E-state index contributed by atoms with van der Waals surface area (Å²) in [6.45, 7) is 10.3. The summed E-state index contributed by atoms with van der Waals surface area (Å²) in [5, 5.41) is 10.2. The zero-order chi connectivity index (χ0) is 12.3. The number of hydrogen-bond donors (Lipinski definition) is 1. The normalized spacial score (nSPS) is 15.2. The molecule has 90 valence electrons. The summed E-state index contributed by atoms with van der Waals surface area (Å²) < 4.78 is 0. The molecule has 0 fully saturated rings. The van der Waals surface area contributed by atoms with E-state index in [9.17, 15) is 5.11 Å². The molecule has 0 aliphatic carbocycles. The molecule has 0 saturated carbocycles. The van der Waals surface area contributed by atoms with E-state index in [1.807, 2.05) is 6.92 Å². The zero-order valence-electron chi connectivity index (χ0n) is 10.9. The third-order valence-corrected chi connectivity index (χ3v) is 4.57. The molecule has 0 saturated heterocycles. The summed E-state index contributed by atoms with van der Waals surface area (Å²) in [6, 6.07) is 6.46. The van der Waals surface area contributed by atoms with Crippen molar-refractivity contribution in [2.75, 3.05) is 5.75 Å². The molecule has 1 aromatic rings. The number of aryl methyl sites for hydroxylation is 2. The number of benzene rings is 1. The fourth-order valence-electron chi connectivity index (χ4n) is 1.20. The minimum absolute atomic E-state index is 0.284. The van der Waals surface area contributed by atoms with Crippen molar-refractivity contribution in [3.05, 3.63) is 29.3 Å². The van der Waals surface area contributed by atoms with Crippen molar-refractivity contribution in [2.45, 2.75) is 45.1 Å². The van der Waals surface area contributed by atoms with Gasteiger partial charge in [0.2, 0.25) is 0 Å². The van der Waals surface area contributed by atoms with Crippen molar-refractivity contribution in [2.24, 2.45) is 5.92 Å². The molecule has 1 unspecified atom stereocenters. The average molecular weight is 238 g/mol. The fourth-order valence-corrected chi connectivity index (χ4v) is 2.42. The van der Waals surface area contributed by atoms with E-state index in [4.69, 9.17) is 0 Å². The van der Waals surface area contributed by atoms with Crippen molar-refractivity contribution < 1.29 is 5.11 Å². The Morgan fingerprint density at radius 2 is 1.88 bits per heavy atom. The third kappa shape index (κ3) is 3.53. The molecular formula is C14H22OS. The highest BCUT2D eigenvalue weighted by atomic mass is 32.2. The van der Waals surface area contributed by atoms with Crippen LogP contribution < -0.4 is 0 Å². The summed E-state index contributed by atoms with van der Waals surface area (Å²) in [5.74, 6) is 1.03. The van der Waals surface area contributed by atoms with E-state index in [0.29, 0.717) is 0 Å². The minimum atomic E-state index is -0.594. The Bertz CT molecular complexity index is 356. The Morgan fingerprint density at radius 1 is 1.25 bits per heavy atom. The minimum Gasteiger partial charge on any atom is -0.389 e. The molecule has 0 heterocycles. The smallest absolute Gasteiger partial charge is 0.0736 e. The van der Waals surface area contributed by atoms with Crippen LogP contribution in [0, 0.1) is 19.8 Å². The number of rotatable bonds is 4. The van der Waals surface area contributed by atoms with E-state index in [1.54, 1.807) is 11.8 Å². The summed E-state index contributed by atoms with van der Waals surface area (Å²) in [4.78, 5) is 1.24. The van der Waals surface area contributed by atoms with Gasteiger partial charge in [0.1, 0.15) is 0 Å². The van der Waals surface area contributed by atoms with Gasteiger partial charge in [0, 0.05) is 10.6 Å². The van der Waals surface area contributed by atoms with Crippen LogP contribution in [0.3, 0.4) is 0 Å². The van der Waals surface area contributed by atoms with Gasteiger partial charge in [0.25, 0.3) is 0 Å². The first-order valence-corrected chi connectivity index (χ1v) is 6.74. The highest BCUT2D eigenvalue weighted by Gasteiger charge is 2.24. The molecule has 1 aromatic carbocycles. The highest BCUT2D eigenvalue weighted by molar-refractivity contribution is 7.99. The topological polar surface area (TPSA) is 20.2 Å². The van der Waals surface area contributed by atoms with E-state index in [-0.39, 0.29) is 5.92 Å². The van der Waals surface area contributed by atoms with Crippen LogP contribution in [0.5, 0.6) is 0 Å². The van der Waals surface area contributed by atoms with Crippen LogP contribution in [0.15, 0.2) is 23.1 Å². The van der Waals surface area contributed by atoms with Gasteiger partial charge >= 0.3 is 0 Å². The molecule has 2 heteroatoms. The quantitative estimate of drug-likeness (QED) is 0.805. The van der Waals surface area contributed by atoms with Gasteiger partial charge in [-0.15, -0.1) is 11.8 Å². The first-order chi connectivity index (χ1) is 7.33. The Labute approximate surface area is 103 Å². The van der Waals surface area contributed by atoms with Crippen LogP contribution in [0.2, 0.25) is 0 Å². The summed E-state index contributed by atoms with van der Waals surface area (Å²) >= 11 is 1.73. The predicted octanol–water partition coefficient (Wildman–Crippen LogP) is 3.80. The van der Waals surface area contributed by atoms with Crippen LogP contribution in [-0.2, 0) is 0 Å². The van der Waals surface area contributed by atoms with E-state index >= 15 is 0 Å². The van der Waals surface area contributed by atoms with Gasteiger partial charge in [-0.05, 0) is 49.9 Å². The number of thioether (sulfide) groups is 1. The van der Waals surface area contributed by atoms with Crippen LogP contribution in [-0.4, -0.2) is 16.5 Å².